The van der Waals surface area contributed by atoms with Gasteiger partial charge in [0.1, 0.15) is 0 Å². The van der Waals surface area contributed by atoms with Gasteiger partial charge >= 0.3 is 6.18 Å². The van der Waals surface area contributed by atoms with Gasteiger partial charge < -0.3 is 10.6 Å². The van der Waals surface area contributed by atoms with E-state index in [0.717, 1.165) is 17.0 Å². The third-order valence-electron chi connectivity index (χ3n) is 5.38. The first-order valence-corrected chi connectivity index (χ1v) is 10.1. The van der Waals surface area contributed by atoms with Gasteiger partial charge in [-0.1, -0.05) is 30.3 Å². The van der Waals surface area contributed by atoms with Gasteiger partial charge in [0.05, 0.1) is 18.8 Å². The number of rotatable bonds is 6. The zero-order valence-corrected chi connectivity index (χ0v) is 20.4. The van der Waals surface area contributed by atoms with Crippen molar-refractivity contribution in [3.05, 3.63) is 52.8 Å². The fraction of sp³-hybridized carbons (Fsp3) is 0.524. The van der Waals surface area contributed by atoms with Crippen molar-refractivity contribution in [2.75, 3.05) is 26.7 Å². The van der Waals surface area contributed by atoms with E-state index < -0.39 is 12.7 Å². The molecule has 1 aromatic carbocycles. The van der Waals surface area contributed by atoms with Gasteiger partial charge in [0, 0.05) is 44.0 Å². The van der Waals surface area contributed by atoms with Crippen molar-refractivity contribution < 1.29 is 13.2 Å². The maximum Gasteiger partial charge on any atom is 0.401 e. The zero-order valence-electron chi connectivity index (χ0n) is 18.0. The number of aliphatic imine (C=N–C) groups is 1. The SMILES string of the molecule is CN=C(NCc1c(C)nn(Cc2ccccc2)c1C)NC1CCN(CC(F)(F)F)C1.I. The van der Waals surface area contributed by atoms with Gasteiger partial charge in [0.2, 0.25) is 0 Å². The van der Waals surface area contributed by atoms with E-state index in [4.69, 9.17) is 0 Å². The maximum atomic E-state index is 12.6. The maximum absolute atomic E-state index is 12.6. The number of aromatic nitrogens is 2. The number of likely N-dealkylation sites (tertiary alicyclic amines) is 1. The molecule has 172 valence electrons. The van der Waals surface area contributed by atoms with Crippen molar-refractivity contribution in [1.29, 1.82) is 0 Å². The normalized spacial score (nSPS) is 17.5. The predicted octanol–water partition coefficient (Wildman–Crippen LogP) is 3.47. The number of hydrogen-bond acceptors (Lipinski definition) is 3. The van der Waals surface area contributed by atoms with Crippen LogP contribution in [0, 0.1) is 13.8 Å². The van der Waals surface area contributed by atoms with E-state index in [1.165, 1.54) is 10.5 Å². The number of alkyl halides is 3. The molecule has 0 radical (unpaired) electrons. The van der Waals surface area contributed by atoms with E-state index in [1.54, 1.807) is 7.05 Å². The van der Waals surface area contributed by atoms with Crippen LogP contribution in [-0.2, 0) is 13.1 Å². The number of nitrogens with zero attached hydrogens (tertiary/aromatic N) is 4. The smallest absolute Gasteiger partial charge is 0.352 e. The van der Waals surface area contributed by atoms with Crippen LogP contribution >= 0.6 is 24.0 Å². The van der Waals surface area contributed by atoms with E-state index in [1.807, 2.05) is 36.7 Å². The van der Waals surface area contributed by atoms with Crippen molar-refractivity contribution in [1.82, 2.24) is 25.3 Å². The Morgan fingerprint density at radius 3 is 2.58 bits per heavy atom. The summed E-state index contributed by atoms with van der Waals surface area (Å²) in [5, 5.41) is 11.2. The molecule has 0 saturated carbocycles. The minimum atomic E-state index is -4.16. The predicted molar refractivity (Wildman–Crippen MR) is 127 cm³/mol. The molecule has 31 heavy (non-hydrogen) atoms. The minimum Gasteiger partial charge on any atom is -0.352 e. The van der Waals surface area contributed by atoms with Crippen LogP contribution < -0.4 is 10.6 Å². The van der Waals surface area contributed by atoms with Crippen LogP contribution in [-0.4, -0.2) is 59.5 Å². The van der Waals surface area contributed by atoms with E-state index in [9.17, 15) is 13.2 Å². The summed E-state index contributed by atoms with van der Waals surface area (Å²) < 4.78 is 39.7. The molecule has 1 unspecified atom stereocenters. The Kier molecular flexibility index (Phi) is 9.16. The lowest BCUT2D eigenvalue weighted by Crippen LogP contribution is -2.45. The van der Waals surface area contributed by atoms with Crippen molar-refractivity contribution in [3.63, 3.8) is 0 Å². The monoisotopic (exact) mass is 550 g/mol. The van der Waals surface area contributed by atoms with E-state index in [0.29, 0.717) is 38.6 Å². The Labute approximate surface area is 198 Å². The number of guanidine groups is 1. The van der Waals surface area contributed by atoms with Gasteiger partial charge in [-0.2, -0.15) is 18.3 Å². The molecule has 0 spiro atoms. The number of benzene rings is 1. The molecule has 1 aromatic heterocycles. The van der Waals surface area contributed by atoms with Gasteiger partial charge in [-0.25, -0.2) is 0 Å². The topological polar surface area (TPSA) is 57.5 Å². The third-order valence-corrected chi connectivity index (χ3v) is 5.38. The number of nitrogens with one attached hydrogen (secondary N) is 2. The van der Waals surface area contributed by atoms with Crippen LogP contribution in [0.5, 0.6) is 0 Å². The number of aryl methyl sites for hydroxylation is 1. The molecule has 2 N–H and O–H groups in total. The second-order valence-electron chi connectivity index (χ2n) is 7.70. The van der Waals surface area contributed by atoms with Gasteiger partial charge in [-0.15, -0.1) is 24.0 Å². The van der Waals surface area contributed by atoms with E-state index >= 15 is 0 Å². The summed E-state index contributed by atoms with van der Waals surface area (Å²) in [5.74, 6) is 0.587. The summed E-state index contributed by atoms with van der Waals surface area (Å²) in [4.78, 5) is 5.65. The minimum absolute atomic E-state index is 0. The summed E-state index contributed by atoms with van der Waals surface area (Å²) in [6.45, 7) is 5.20. The van der Waals surface area contributed by atoms with Crippen molar-refractivity contribution in [3.8, 4) is 0 Å². The molecule has 0 bridgehead atoms. The average Bonchev–Trinajstić information content (AvgIpc) is 3.22. The molecule has 3 rings (SSSR count). The fourth-order valence-corrected chi connectivity index (χ4v) is 3.81. The van der Waals surface area contributed by atoms with Crippen LogP contribution in [0.3, 0.4) is 0 Å². The molecule has 1 aliphatic rings. The summed E-state index contributed by atoms with van der Waals surface area (Å²) >= 11 is 0. The second kappa shape index (κ2) is 11.2. The number of halogens is 4. The molecule has 1 fully saturated rings. The van der Waals surface area contributed by atoms with Crippen LogP contribution in [0.15, 0.2) is 35.3 Å². The molecule has 10 heteroatoms. The van der Waals surface area contributed by atoms with Crippen LogP contribution in [0.2, 0.25) is 0 Å². The first kappa shape index (κ1) is 25.4. The van der Waals surface area contributed by atoms with E-state index in [-0.39, 0.29) is 30.0 Å². The van der Waals surface area contributed by atoms with Crippen molar-refractivity contribution in [2.45, 2.75) is 45.6 Å². The fourth-order valence-electron chi connectivity index (χ4n) is 3.81. The lowest BCUT2D eigenvalue weighted by Gasteiger charge is -2.20. The highest BCUT2D eigenvalue weighted by Gasteiger charge is 2.34. The van der Waals surface area contributed by atoms with Crippen molar-refractivity contribution >= 4 is 29.9 Å². The molecule has 0 aliphatic carbocycles. The first-order valence-electron chi connectivity index (χ1n) is 10.1. The second-order valence-corrected chi connectivity index (χ2v) is 7.70. The van der Waals surface area contributed by atoms with Crippen LogP contribution in [0.25, 0.3) is 0 Å². The highest BCUT2D eigenvalue weighted by atomic mass is 127. The van der Waals surface area contributed by atoms with E-state index in [2.05, 4.69) is 32.9 Å². The first-order chi connectivity index (χ1) is 14.2. The van der Waals surface area contributed by atoms with Crippen molar-refractivity contribution in [2.24, 2.45) is 4.99 Å². The van der Waals surface area contributed by atoms with Crippen LogP contribution in [0.1, 0.15) is 28.9 Å². The van der Waals surface area contributed by atoms with Gasteiger partial charge in [0.15, 0.2) is 5.96 Å². The highest BCUT2D eigenvalue weighted by Crippen LogP contribution is 2.20. The molecule has 1 saturated heterocycles. The largest absolute Gasteiger partial charge is 0.401 e. The molecule has 0 amide bonds. The molecule has 6 nitrogen and oxygen atoms in total. The zero-order chi connectivity index (χ0) is 21.7. The molecule has 2 aromatic rings. The summed E-state index contributed by atoms with van der Waals surface area (Å²) in [5.41, 5.74) is 4.31. The molecule has 2 heterocycles. The summed E-state index contributed by atoms with van der Waals surface area (Å²) in [6, 6.07) is 10.1. The Morgan fingerprint density at radius 2 is 1.94 bits per heavy atom. The highest BCUT2D eigenvalue weighted by molar-refractivity contribution is 14.0. The molecule has 1 atom stereocenters. The Hall–Kier alpha value is -1.82. The summed E-state index contributed by atoms with van der Waals surface area (Å²) in [6.07, 6.45) is -3.51. The lowest BCUT2D eigenvalue weighted by molar-refractivity contribution is -0.143. The average molecular weight is 550 g/mol. The Bertz CT molecular complexity index is 866. The standard InChI is InChI=1S/C21H29F3N6.HI/c1-15-19(16(2)30(28-15)12-17-7-5-4-6-8-17)11-26-20(25-3)27-18-9-10-29(13-18)14-21(22,23)24;/h4-8,18H,9-14H2,1-3H3,(H2,25,26,27);1H. The Morgan fingerprint density at radius 1 is 1.23 bits per heavy atom. The van der Waals surface area contributed by atoms with Gasteiger partial charge in [-0.3, -0.25) is 14.6 Å². The molecule has 1 aliphatic heterocycles. The Balaban J connectivity index is 0.00000341. The quantitative estimate of drug-likeness (QED) is 0.329. The molecular formula is C21H30F3IN6. The third kappa shape index (κ3) is 7.37. The van der Waals surface area contributed by atoms with Gasteiger partial charge in [0.25, 0.3) is 0 Å². The van der Waals surface area contributed by atoms with Gasteiger partial charge in [-0.05, 0) is 25.8 Å². The van der Waals surface area contributed by atoms with Crippen LogP contribution in [0.4, 0.5) is 13.2 Å². The number of hydrogen-bond donors (Lipinski definition) is 2. The lowest BCUT2D eigenvalue weighted by atomic mass is 10.2. The molecular weight excluding hydrogens is 520 g/mol. The summed E-state index contributed by atoms with van der Waals surface area (Å²) in [7, 11) is 1.66.